The van der Waals surface area contributed by atoms with Crippen LogP contribution in [0.1, 0.15) is 21.3 Å². The number of hydrogen-bond acceptors (Lipinski definition) is 3. The van der Waals surface area contributed by atoms with Gasteiger partial charge in [-0.3, -0.25) is 9.59 Å². The third kappa shape index (κ3) is 2.00. The molecule has 0 radical (unpaired) electrons. The van der Waals surface area contributed by atoms with Crippen molar-refractivity contribution < 1.29 is 22.8 Å². The van der Waals surface area contributed by atoms with Gasteiger partial charge in [0.15, 0.2) is 0 Å². The molecular formula is C9H4Cl2F3NO2S. The van der Waals surface area contributed by atoms with Gasteiger partial charge in [-0.25, -0.2) is 0 Å². The fourth-order valence-electron chi connectivity index (χ4n) is 1.59. The Morgan fingerprint density at radius 2 is 2.06 bits per heavy atom. The molecule has 0 fully saturated rings. The highest BCUT2D eigenvalue weighted by molar-refractivity contribution is 7.13. The van der Waals surface area contributed by atoms with Crippen LogP contribution < -0.4 is 5.32 Å². The van der Waals surface area contributed by atoms with Gasteiger partial charge in [0.2, 0.25) is 10.1 Å². The zero-order valence-corrected chi connectivity index (χ0v) is 10.7. The number of amides is 1. The van der Waals surface area contributed by atoms with Crippen LogP contribution >= 0.6 is 34.5 Å². The van der Waals surface area contributed by atoms with Crippen molar-refractivity contribution in [2.24, 2.45) is 0 Å². The Balaban J connectivity index is 2.34. The summed E-state index contributed by atoms with van der Waals surface area (Å²) in [6.07, 6.45) is -5.06. The van der Waals surface area contributed by atoms with Gasteiger partial charge in [-0.15, -0.1) is 11.3 Å². The Kier molecular flexibility index (Phi) is 3.11. The van der Waals surface area contributed by atoms with Crippen LogP contribution in [0.2, 0.25) is 0 Å². The maximum Gasteiger partial charge on any atom is 0.471 e. The van der Waals surface area contributed by atoms with Gasteiger partial charge in [0.05, 0.1) is 10.9 Å². The predicted octanol–water partition coefficient (Wildman–Crippen LogP) is 2.84. The minimum Gasteiger partial charge on any atom is -0.338 e. The fourth-order valence-corrected chi connectivity index (χ4v) is 3.18. The van der Waals surface area contributed by atoms with E-state index in [9.17, 15) is 22.8 Å². The molecule has 0 spiro atoms. The Bertz CT molecular complexity index is 526. The highest BCUT2D eigenvalue weighted by Gasteiger charge is 2.54. The van der Waals surface area contributed by atoms with Gasteiger partial charge in [0, 0.05) is 0 Å². The van der Waals surface area contributed by atoms with Gasteiger partial charge in [0.25, 0.3) is 0 Å². The van der Waals surface area contributed by atoms with E-state index in [0.29, 0.717) is 0 Å². The number of carbonyl (C=O) groups is 2. The Morgan fingerprint density at radius 3 is 2.61 bits per heavy atom. The lowest BCUT2D eigenvalue weighted by molar-refractivity contribution is -0.174. The molecule has 1 N–H and O–H groups in total. The number of carbonyl (C=O) groups excluding carboxylic acids is 2. The molecule has 18 heavy (non-hydrogen) atoms. The van der Waals surface area contributed by atoms with Crippen molar-refractivity contribution in [3.8, 4) is 0 Å². The Labute approximate surface area is 113 Å². The van der Waals surface area contributed by atoms with Crippen LogP contribution in [0.3, 0.4) is 0 Å². The smallest absolute Gasteiger partial charge is 0.338 e. The van der Waals surface area contributed by atoms with Crippen molar-refractivity contribution in [2.45, 2.75) is 16.6 Å². The van der Waals surface area contributed by atoms with Gasteiger partial charge in [-0.2, -0.15) is 13.2 Å². The molecule has 9 heteroatoms. The number of hydrogen-bond donors (Lipinski definition) is 1. The molecule has 1 atom stereocenters. The first kappa shape index (κ1) is 13.6. The van der Waals surface area contributed by atoms with Gasteiger partial charge in [-0.05, 0) is 17.0 Å². The summed E-state index contributed by atoms with van der Waals surface area (Å²) in [5.41, 5.74) is 0.201. The summed E-state index contributed by atoms with van der Waals surface area (Å²) in [6, 6.07) is 0.00912. The molecule has 0 bridgehead atoms. The van der Waals surface area contributed by atoms with Crippen LogP contribution in [-0.2, 0) is 4.79 Å². The zero-order chi connectivity index (χ0) is 13.7. The summed E-state index contributed by atoms with van der Waals surface area (Å²) in [6.45, 7) is 0. The maximum absolute atomic E-state index is 12.2. The second kappa shape index (κ2) is 4.11. The summed E-state index contributed by atoms with van der Waals surface area (Å²) >= 11 is 12.5. The van der Waals surface area contributed by atoms with Crippen molar-refractivity contribution in [3.05, 3.63) is 21.9 Å². The summed E-state index contributed by atoms with van der Waals surface area (Å²) in [7, 11) is 0. The lowest BCUT2D eigenvalue weighted by Gasteiger charge is -2.23. The molecular weight excluding hydrogens is 314 g/mol. The normalized spacial score (nSPS) is 21.8. The van der Waals surface area contributed by atoms with Gasteiger partial charge < -0.3 is 5.32 Å². The molecule has 1 aliphatic rings. The molecule has 0 saturated heterocycles. The van der Waals surface area contributed by atoms with Crippen LogP contribution in [0.4, 0.5) is 13.2 Å². The number of ketones is 1. The van der Waals surface area contributed by atoms with E-state index in [1.807, 2.05) is 0 Å². The van der Waals surface area contributed by atoms with E-state index in [2.05, 4.69) is 0 Å². The average molecular weight is 318 g/mol. The second-order valence-electron chi connectivity index (χ2n) is 3.56. The van der Waals surface area contributed by atoms with E-state index < -0.39 is 28.2 Å². The molecule has 1 unspecified atom stereocenters. The third-order valence-corrected chi connectivity index (χ3v) is 4.12. The molecule has 1 aliphatic carbocycles. The van der Waals surface area contributed by atoms with Crippen molar-refractivity contribution in [1.82, 2.24) is 5.32 Å². The standard InChI is InChI=1S/C9H4Cl2F3NO2S/c10-8(11)5(15-7(17)9(12,13)14)3-1-2-18-4(3)6(8)16/h1-2,5H,(H,15,17). The molecule has 3 nitrogen and oxygen atoms in total. The molecule has 1 aromatic heterocycles. The summed E-state index contributed by atoms with van der Waals surface area (Å²) in [5.74, 6) is -2.90. The molecule has 1 aromatic rings. The number of fused-ring (bicyclic) bond motifs is 1. The Morgan fingerprint density at radius 1 is 1.44 bits per heavy atom. The van der Waals surface area contributed by atoms with E-state index in [0.717, 1.165) is 11.3 Å². The van der Waals surface area contributed by atoms with Crippen LogP contribution in [0, 0.1) is 0 Å². The van der Waals surface area contributed by atoms with E-state index >= 15 is 0 Å². The van der Waals surface area contributed by atoms with Gasteiger partial charge in [0.1, 0.15) is 0 Å². The van der Waals surface area contributed by atoms with Crippen molar-refractivity contribution in [2.75, 3.05) is 0 Å². The lowest BCUT2D eigenvalue weighted by atomic mass is 10.1. The van der Waals surface area contributed by atoms with Gasteiger partial charge >= 0.3 is 12.1 Å². The first-order valence-corrected chi connectivity index (χ1v) is 6.17. The molecule has 1 heterocycles. The van der Waals surface area contributed by atoms with Crippen molar-refractivity contribution in [3.63, 3.8) is 0 Å². The van der Waals surface area contributed by atoms with Crippen LogP contribution in [0.25, 0.3) is 0 Å². The van der Waals surface area contributed by atoms with Crippen LogP contribution in [-0.4, -0.2) is 22.2 Å². The van der Waals surface area contributed by atoms with Crippen LogP contribution in [0.5, 0.6) is 0 Å². The van der Waals surface area contributed by atoms with E-state index in [1.54, 1.807) is 5.32 Å². The number of Topliss-reactive ketones (excluding diaryl/α,β-unsaturated/α-hetero) is 1. The topological polar surface area (TPSA) is 46.2 Å². The zero-order valence-electron chi connectivity index (χ0n) is 8.35. The first-order valence-electron chi connectivity index (χ1n) is 4.53. The minimum absolute atomic E-state index is 0.160. The lowest BCUT2D eigenvalue weighted by Crippen LogP contribution is -2.44. The molecule has 0 saturated carbocycles. The summed E-state index contributed by atoms with van der Waals surface area (Å²) < 4.78 is 34.4. The largest absolute Gasteiger partial charge is 0.471 e. The fraction of sp³-hybridized carbons (Fsp3) is 0.333. The molecule has 0 aliphatic heterocycles. The number of alkyl halides is 5. The first-order chi connectivity index (χ1) is 8.15. The average Bonchev–Trinajstić information content (AvgIpc) is 2.75. The van der Waals surface area contributed by atoms with E-state index in [4.69, 9.17) is 23.2 Å². The van der Waals surface area contributed by atoms with Crippen LogP contribution in [0.15, 0.2) is 11.4 Å². The van der Waals surface area contributed by atoms with Crippen molar-refractivity contribution in [1.29, 1.82) is 0 Å². The molecule has 1 amide bonds. The number of nitrogens with one attached hydrogen (secondary N) is 1. The second-order valence-corrected chi connectivity index (χ2v) is 5.86. The molecule has 2 rings (SSSR count). The third-order valence-electron chi connectivity index (χ3n) is 2.41. The number of halogens is 5. The van der Waals surface area contributed by atoms with Crippen molar-refractivity contribution >= 4 is 46.2 Å². The summed E-state index contributed by atoms with van der Waals surface area (Å²) in [5, 5.41) is 3.15. The monoisotopic (exact) mass is 317 g/mol. The summed E-state index contributed by atoms with van der Waals surface area (Å²) in [4.78, 5) is 22.8. The molecule has 0 aromatic carbocycles. The highest BCUT2D eigenvalue weighted by Crippen LogP contribution is 2.48. The highest BCUT2D eigenvalue weighted by atomic mass is 35.5. The predicted molar refractivity (Wildman–Crippen MR) is 60.0 cm³/mol. The maximum atomic E-state index is 12.2. The number of thiophene rings is 1. The number of rotatable bonds is 1. The SMILES string of the molecule is O=C(NC1c2ccsc2C(=O)C1(Cl)Cl)C(F)(F)F. The quantitative estimate of drug-likeness (QED) is 0.810. The van der Waals surface area contributed by atoms with E-state index in [1.165, 1.54) is 11.4 Å². The minimum atomic E-state index is -5.06. The van der Waals surface area contributed by atoms with E-state index in [-0.39, 0.29) is 10.4 Å². The van der Waals surface area contributed by atoms with Gasteiger partial charge in [-0.1, -0.05) is 23.2 Å². The molecule has 98 valence electrons. The Hall–Kier alpha value is -0.790.